The smallest absolute Gasteiger partial charge is 0.256 e. The fraction of sp³-hybridized carbons (Fsp3) is 0.481. The molecule has 0 radical (unpaired) electrons. The first-order valence-corrected chi connectivity index (χ1v) is 12.4. The molecule has 1 atom stereocenters. The Labute approximate surface area is 202 Å². The molecule has 3 heterocycles. The average molecular weight is 465 g/mol. The summed E-state index contributed by atoms with van der Waals surface area (Å²) in [5.74, 6) is -0.0897. The zero-order valence-electron chi connectivity index (χ0n) is 20.2. The maximum Gasteiger partial charge on any atom is 0.256 e. The van der Waals surface area contributed by atoms with E-state index in [0.29, 0.717) is 43.0 Å². The van der Waals surface area contributed by atoms with Crippen molar-refractivity contribution < 1.29 is 14.7 Å². The molecule has 3 aliphatic rings. The normalized spacial score (nSPS) is 19.9. The van der Waals surface area contributed by atoms with Crippen LogP contribution in [-0.2, 0) is 13.0 Å². The third-order valence-corrected chi connectivity index (χ3v) is 6.74. The van der Waals surface area contributed by atoms with E-state index in [1.54, 1.807) is 23.1 Å². The number of carbonyl (C=O) groups is 2. The summed E-state index contributed by atoms with van der Waals surface area (Å²) < 4.78 is 0. The lowest BCUT2D eigenvalue weighted by atomic mass is 10.0. The van der Waals surface area contributed by atoms with Gasteiger partial charge >= 0.3 is 0 Å². The molecule has 0 bridgehead atoms. The van der Waals surface area contributed by atoms with Gasteiger partial charge in [0.15, 0.2) is 0 Å². The second kappa shape index (κ2) is 11.0. The molecule has 34 heavy (non-hydrogen) atoms. The van der Waals surface area contributed by atoms with Crippen LogP contribution < -0.4 is 10.6 Å². The van der Waals surface area contributed by atoms with Gasteiger partial charge in [0.1, 0.15) is 0 Å². The topological polar surface area (TPSA) is 84.9 Å². The third-order valence-electron chi connectivity index (χ3n) is 6.74. The lowest BCUT2D eigenvalue weighted by Crippen LogP contribution is -2.42. The number of benzene rings is 2. The van der Waals surface area contributed by atoms with E-state index in [-0.39, 0.29) is 17.9 Å². The first kappa shape index (κ1) is 24.2. The minimum absolute atomic E-state index is 0.00241. The molecule has 3 N–H and O–H groups in total. The first-order valence-electron chi connectivity index (χ1n) is 12.4. The van der Waals surface area contributed by atoms with Crippen molar-refractivity contribution >= 4 is 17.5 Å². The Morgan fingerprint density at radius 3 is 2.62 bits per heavy atom. The van der Waals surface area contributed by atoms with Crippen LogP contribution in [0.5, 0.6) is 0 Å². The van der Waals surface area contributed by atoms with Gasteiger partial charge in [-0.15, -0.1) is 0 Å². The summed E-state index contributed by atoms with van der Waals surface area (Å²) in [5, 5.41) is 16.4. The zero-order valence-corrected chi connectivity index (χ0v) is 20.2. The number of anilines is 1. The van der Waals surface area contributed by atoms with Gasteiger partial charge in [0.2, 0.25) is 0 Å². The molecule has 5 rings (SSSR count). The standard InChI is InChI=1S/C18H25N3O3.C9H11N/c1-12(2)21-9-7-19-16-10-13(5-6-15(16)18(21)24)17(23)20-8-3-4-14(22)11-20;1-2-4-9-7-10-6-5-8(9)3-1/h5-6,10,12,14,19,22H,3-4,7-9,11H2,1-2H3;1-4,10H,5-7H2. The van der Waals surface area contributed by atoms with Gasteiger partial charge in [-0.1, -0.05) is 24.3 Å². The quantitative estimate of drug-likeness (QED) is 0.637. The molecule has 0 spiro atoms. The van der Waals surface area contributed by atoms with Crippen LogP contribution in [0.4, 0.5) is 5.69 Å². The van der Waals surface area contributed by atoms with Crippen LogP contribution in [-0.4, -0.2) is 71.6 Å². The van der Waals surface area contributed by atoms with E-state index in [1.165, 1.54) is 17.5 Å². The van der Waals surface area contributed by atoms with Crippen LogP contribution in [0.3, 0.4) is 0 Å². The SMILES string of the molecule is CC(C)N1CCNc2cc(C(=O)N3CCCC(O)C3)ccc2C1=O.c1ccc2c(c1)CCNC2. The van der Waals surface area contributed by atoms with Crippen molar-refractivity contribution in [3.63, 3.8) is 0 Å². The Morgan fingerprint density at radius 2 is 1.88 bits per heavy atom. The summed E-state index contributed by atoms with van der Waals surface area (Å²) in [6.07, 6.45) is 2.31. The Balaban J connectivity index is 0.000000226. The van der Waals surface area contributed by atoms with Gasteiger partial charge < -0.3 is 25.5 Å². The molecule has 1 unspecified atom stereocenters. The van der Waals surface area contributed by atoms with Crippen LogP contribution in [0, 0.1) is 0 Å². The highest BCUT2D eigenvalue weighted by Gasteiger charge is 2.27. The predicted octanol–water partition coefficient (Wildman–Crippen LogP) is 2.89. The van der Waals surface area contributed by atoms with E-state index in [4.69, 9.17) is 0 Å². The van der Waals surface area contributed by atoms with Gasteiger partial charge in [0.05, 0.1) is 11.7 Å². The second-order valence-electron chi connectivity index (χ2n) is 9.52. The largest absolute Gasteiger partial charge is 0.391 e. The zero-order chi connectivity index (χ0) is 24.1. The van der Waals surface area contributed by atoms with E-state index in [1.807, 2.05) is 18.7 Å². The molecule has 0 aliphatic carbocycles. The Morgan fingerprint density at radius 1 is 1.09 bits per heavy atom. The highest BCUT2D eigenvalue weighted by atomic mass is 16.3. The molecule has 2 aromatic rings. The highest BCUT2D eigenvalue weighted by molar-refractivity contribution is 6.03. The number of β-amino-alcohol motifs (C(OH)–C–C–N with tert-alkyl or cyclic N) is 1. The van der Waals surface area contributed by atoms with E-state index < -0.39 is 6.10 Å². The number of nitrogens with one attached hydrogen (secondary N) is 2. The van der Waals surface area contributed by atoms with Crippen molar-refractivity contribution in [1.29, 1.82) is 0 Å². The number of hydrogen-bond donors (Lipinski definition) is 3. The fourth-order valence-corrected chi connectivity index (χ4v) is 4.81. The molecule has 7 nitrogen and oxygen atoms in total. The monoisotopic (exact) mass is 464 g/mol. The summed E-state index contributed by atoms with van der Waals surface area (Å²) in [6.45, 7) is 8.55. The van der Waals surface area contributed by atoms with Gasteiger partial charge in [-0.2, -0.15) is 0 Å². The fourth-order valence-electron chi connectivity index (χ4n) is 4.81. The highest BCUT2D eigenvalue weighted by Crippen LogP contribution is 2.24. The molecular formula is C27H36N4O3. The predicted molar refractivity (Wildman–Crippen MR) is 134 cm³/mol. The molecular weight excluding hydrogens is 428 g/mol. The van der Waals surface area contributed by atoms with Gasteiger partial charge in [0, 0.05) is 50.0 Å². The van der Waals surface area contributed by atoms with Gasteiger partial charge in [-0.05, 0) is 69.0 Å². The van der Waals surface area contributed by atoms with Crippen molar-refractivity contribution in [3.05, 3.63) is 64.7 Å². The number of aliphatic hydroxyl groups excluding tert-OH is 1. The van der Waals surface area contributed by atoms with E-state index in [0.717, 1.165) is 25.9 Å². The Bertz CT molecular complexity index is 998. The molecule has 2 amide bonds. The summed E-state index contributed by atoms with van der Waals surface area (Å²) >= 11 is 0. The molecule has 1 saturated heterocycles. The number of nitrogens with zero attached hydrogens (tertiary/aromatic N) is 2. The molecule has 0 aromatic heterocycles. The first-order chi connectivity index (χ1) is 16.4. The molecule has 1 fully saturated rings. The van der Waals surface area contributed by atoms with Crippen LogP contribution in [0.25, 0.3) is 0 Å². The molecule has 0 saturated carbocycles. The number of piperidine rings is 1. The minimum atomic E-state index is -0.442. The van der Waals surface area contributed by atoms with Crippen molar-refractivity contribution in [2.75, 3.05) is 38.0 Å². The number of fused-ring (bicyclic) bond motifs is 2. The van der Waals surface area contributed by atoms with E-state index in [2.05, 4.69) is 34.9 Å². The molecule has 182 valence electrons. The number of aliphatic hydroxyl groups is 1. The third kappa shape index (κ3) is 5.59. The lowest BCUT2D eigenvalue weighted by molar-refractivity contribution is 0.0473. The summed E-state index contributed by atoms with van der Waals surface area (Å²) in [7, 11) is 0. The summed E-state index contributed by atoms with van der Waals surface area (Å²) in [6, 6.07) is 14.0. The maximum atomic E-state index is 12.7. The minimum Gasteiger partial charge on any atom is -0.391 e. The number of rotatable bonds is 2. The number of hydrogen-bond acceptors (Lipinski definition) is 5. The van der Waals surface area contributed by atoms with E-state index >= 15 is 0 Å². The van der Waals surface area contributed by atoms with Gasteiger partial charge in [-0.25, -0.2) is 0 Å². The Kier molecular flexibility index (Phi) is 7.85. The molecule has 2 aromatic carbocycles. The van der Waals surface area contributed by atoms with Crippen LogP contribution in [0.1, 0.15) is 58.5 Å². The van der Waals surface area contributed by atoms with Crippen molar-refractivity contribution in [3.8, 4) is 0 Å². The number of likely N-dealkylation sites (tertiary alicyclic amines) is 1. The van der Waals surface area contributed by atoms with Crippen molar-refractivity contribution in [2.24, 2.45) is 0 Å². The summed E-state index contributed by atoms with van der Waals surface area (Å²) in [4.78, 5) is 28.8. The lowest BCUT2D eigenvalue weighted by Gasteiger charge is -2.30. The van der Waals surface area contributed by atoms with Crippen molar-refractivity contribution in [2.45, 2.75) is 51.8 Å². The number of amides is 2. The van der Waals surface area contributed by atoms with Crippen LogP contribution in [0.2, 0.25) is 0 Å². The van der Waals surface area contributed by atoms with E-state index in [9.17, 15) is 14.7 Å². The van der Waals surface area contributed by atoms with Crippen LogP contribution >= 0.6 is 0 Å². The van der Waals surface area contributed by atoms with Gasteiger partial charge in [-0.3, -0.25) is 9.59 Å². The average Bonchev–Trinajstić information content (AvgIpc) is 3.02. The molecule has 3 aliphatic heterocycles. The second-order valence-corrected chi connectivity index (χ2v) is 9.52. The molecule has 7 heteroatoms. The maximum absolute atomic E-state index is 12.7. The van der Waals surface area contributed by atoms with Crippen molar-refractivity contribution in [1.82, 2.24) is 15.1 Å². The number of carbonyl (C=O) groups excluding carboxylic acids is 2. The Hall–Kier alpha value is -2.90. The summed E-state index contributed by atoms with van der Waals surface area (Å²) in [5.41, 5.74) is 4.86. The van der Waals surface area contributed by atoms with Gasteiger partial charge in [0.25, 0.3) is 11.8 Å². The van der Waals surface area contributed by atoms with Crippen LogP contribution in [0.15, 0.2) is 42.5 Å².